The number of pyridine rings is 1. The summed E-state index contributed by atoms with van der Waals surface area (Å²) in [6.07, 6.45) is 4.63. The number of hydrogen-bond donors (Lipinski definition) is 1. The number of nitrogens with zero attached hydrogens (tertiary/aromatic N) is 1. The highest BCUT2D eigenvalue weighted by molar-refractivity contribution is 6.32. The SMILES string of the molecule is O=C(O)c1cnc(OC2CCC2)c(Cl)c1. The van der Waals surface area contributed by atoms with E-state index in [1.54, 1.807) is 0 Å². The molecule has 0 unspecified atom stereocenters. The molecule has 1 aromatic rings. The Labute approximate surface area is 91.8 Å². The van der Waals surface area contributed by atoms with Crippen molar-refractivity contribution in [1.82, 2.24) is 4.98 Å². The Morgan fingerprint density at radius 1 is 1.60 bits per heavy atom. The molecule has 0 amide bonds. The maximum Gasteiger partial charge on any atom is 0.337 e. The van der Waals surface area contributed by atoms with Crippen molar-refractivity contribution in [3.8, 4) is 5.88 Å². The topological polar surface area (TPSA) is 59.4 Å². The molecular weight excluding hydrogens is 218 g/mol. The van der Waals surface area contributed by atoms with Crippen molar-refractivity contribution in [3.63, 3.8) is 0 Å². The molecule has 1 aliphatic rings. The monoisotopic (exact) mass is 227 g/mol. The Hall–Kier alpha value is -1.29. The van der Waals surface area contributed by atoms with E-state index >= 15 is 0 Å². The van der Waals surface area contributed by atoms with Crippen molar-refractivity contribution < 1.29 is 14.6 Å². The molecule has 15 heavy (non-hydrogen) atoms. The summed E-state index contributed by atoms with van der Waals surface area (Å²) >= 11 is 5.85. The summed E-state index contributed by atoms with van der Waals surface area (Å²) in [5.74, 6) is -0.717. The molecule has 0 spiro atoms. The van der Waals surface area contributed by atoms with E-state index in [2.05, 4.69) is 4.98 Å². The standard InChI is InChI=1S/C10H10ClNO3/c11-8-4-6(10(13)14)5-12-9(8)15-7-2-1-3-7/h4-5,7H,1-3H2,(H,13,14). The van der Waals surface area contributed by atoms with Crippen LogP contribution in [0, 0.1) is 0 Å². The lowest BCUT2D eigenvalue weighted by Crippen LogP contribution is -2.25. The van der Waals surface area contributed by atoms with Gasteiger partial charge in [-0.15, -0.1) is 0 Å². The molecule has 1 aromatic heterocycles. The quantitative estimate of drug-likeness (QED) is 0.861. The zero-order valence-corrected chi connectivity index (χ0v) is 8.70. The number of aromatic nitrogens is 1. The number of carboxylic acid groups (broad SMARTS) is 1. The number of carbonyl (C=O) groups is 1. The van der Waals surface area contributed by atoms with Crippen molar-refractivity contribution in [1.29, 1.82) is 0 Å². The first-order valence-electron chi connectivity index (χ1n) is 4.72. The van der Waals surface area contributed by atoms with Crippen molar-refractivity contribution in [2.75, 3.05) is 0 Å². The minimum atomic E-state index is -1.04. The Morgan fingerprint density at radius 3 is 2.80 bits per heavy atom. The largest absolute Gasteiger partial charge is 0.478 e. The molecule has 1 saturated carbocycles. The second-order valence-electron chi connectivity index (χ2n) is 3.49. The Bertz CT molecular complexity index is 390. The van der Waals surface area contributed by atoms with Gasteiger partial charge in [0.1, 0.15) is 11.1 Å². The summed E-state index contributed by atoms with van der Waals surface area (Å²) in [5.41, 5.74) is 0.0703. The Morgan fingerprint density at radius 2 is 2.33 bits per heavy atom. The maximum absolute atomic E-state index is 10.6. The number of carboxylic acids is 1. The molecule has 4 nitrogen and oxygen atoms in total. The second-order valence-corrected chi connectivity index (χ2v) is 3.89. The van der Waals surface area contributed by atoms with Gasteiger partial charge in [0.2, 0.25) is 5.88 Å². The highest BCUT2D eigenvalue weighted by atomic mass is 35.5. The average Bonchev–Trinajstić information content (AvgIpc) is 2.12. The lowest BCUT2D eigenvalue weighted by molar-refractivity contribution is 0.0696. The first-order chi connectivity index (χ1) is 7.16. The fraction of sp³-hybridized carbons (Fsp3) is 0.400. The molecule has 0 radical (unpaired) electrons. The van der Waals surface area contributed by atoms with Gasteiger partial charge in [-0.3, -0.25) is 0 Å². The number of aromatic carboxylic acids is 1. The van der Waals surface area contributed by atoms with Crippen molar-refractivity contribution in [3.05, 3.63) is 22.8 Å². The fourth-order valence-corrected chi connectivity index (χ4v) is 1.49. The van der Waals surface area contributed by atoms with Crippen LogP contribution in [0.3, 0.4) is 0 Å². The van der Waals surface area contributed by atoms with Crippen LogP contribution in [0.5, 0.6) is 5.88 Å². The number of hydrogen-bond acceptors (Lipinski definition) is 3. The highest BCUT2D eigenvalue weighted by Gasteiger charge is 2.21. The van der Waals surface area contributed by atoms with Gasteiger partial charge < -0.3 is 9.84 Å². The summed E-state index contributed by atoms with van der Waals surface area (Å²) in [6.45, 7) is 0. The molecule has 0 aliphatic heterocycles. The van der Waals surface area contributed by atoms with E-state index in [4.69, 9.17) is 21.4 Å². The minimum absolute atomic E-state index is 0.0703. The summed E-state index contributed by atoms with van der Waals surface area (Å²) in [7, 11) is 0. The lowest BCUT2D eigenvalue weighted by atomic mass is 9.96. The molecule has 1 aliphatic carbocycles. The van der Waals surface area contributed by atoms with Crippen LogP contribution in [-0.2, 0) is 0 Å². The van der Waals surface area contributed by atoms with Gasteiger partial charge in [0, 0.05) is 6.20 Å². The van der Waals surface area contributed by atoms with Gasteiger partial charge in [0.15, 0.2) is 0 Å². The molecule has 2 rings (SSSR count). The van der Waals surface area contributed by atoms with Crippen LogP contribution >= 0.6 is 11.6 Å². The van der Waals surface area contributed by atoms with Crippen LogP contribution in [0.15, 0.2) is 12.3 Å². The molecule has 0 bridgehead atoms. The smallest absolute Gasteiger partial charge is 0.337 e. The summed E-state index contributed by atoms with van der Waals surface area (Å²) < 4.78 is 5.48. The first-order valence-corrected chi connectivity index (χ1v) is 5.10. The van der Waals surface area contributed by atoms with Crippen LogP contribution in [-0.4, -0.2) is 22.2 Å². The van der Waals surface area contributed by atoms with Crippen LogP contribution in [0.1, 0.15) is 29.6 Å². The molecule has 0 atom stereocenters. The van der Waals surface area contributed by atoms with E-state index in [1.807, 2.05) is 0 Å². The van der Waals surface area contributed by atoms with Crippen LogP contribution in [0.2, 0.25) is 5.02 Å². The van der Waals surface area contributed by atoms with E-state index in [1.165, 1.54) is 12.3 Å². The highest BCUT2D eigenvalue weighted by Crippen LogP contribution is 2.29. The van der Waals surface area contributed by atoms with Crippen molar-refractivity contribution >= 4 is 17.6 Å². The number of rotatable bonds is 3. The molecule has 1 fully saturated rings. The van der Waals surface area contributed by atoms with Gasteiger partial charge in [0.25, 0.3) is 0 Å². The third kappa shape index (κ3) is 2.21. The van der Waals surface area contributed by atoms with Gasteiger partial charge >= 0.3 is 5.97 Å². The third-order valence-corrected chi connectivity index (χ3v) is 2.66. The molecule has 1 heterocycles. The Balaban J connectivity index is 2.14. The van der Waals surface area contributed by atoms with Gasteiger partial charge in [0.05, 0.1) is 5.56 Å². The van der Waals surface area contributed by atoms with Gasteiger partial charge in [-0.05, 0) is 25.3 Å². The van der Waals surface area contributed by atoms with E-state index in [-0.39, 0.29) is 16.7 Å². The van der Waals surface area contributed by atoms with Gasteiger partial charge in [-0.25, -0.2) is 9.78 Å². The van der Waals surface area contributed by atoms with Crippen LogP contribution in [0.4, 0.5) is 0 Å². The average molecular weight is 228 g/mol. The number of halogens is 1. The molecule has 80 valence electrons. The molecule has 5 heteroatoms. The van der Waals surface area contributed by atoms with Crippen molar-refractivity contribution in [2.24, 2.45) is 0 Å². The lowest BCUT2D eigenvalue weighted by Gasteiger charge is -2.25. The molecular formula is C10H10ClNO3. The summed E-state index contributed by atoms with van der Waals surface area (Å²) in [5, 5.41) is 8.95. The predicted octanol–water partition coefficient (Wildman–Crippen LogP) is 2.36. The summed E-state index contributed by atoms with van der Waals surface area (Å²) in [6, 6.07) is 1.35. The van der Waals surface area contributed by atoms with E-state index in [9.17, 15) is 4.79 Å². The van der Waals surface area contributed by atoms with Crippen LogP contribution < -0.4 is 4.74 Å². The van der Waals surface area contributed by atoms with Crippen LogP contribution in [0.25, 0.3) is 0 Å². The Kier molecular flexibility index (Phi) is 2.77. The molecule has 0 aromatic carbocycles. The minimum Gasteiger partial charge on any atom is -0.478 e. The van der Waals surface area contributed by atoms with Gasteiger partial charge in [-0.2, -0.15) is 0 Å². The second kappa shape index (κ2) is 4.06. The van der Waals surface area contributed by atoms with E-state index in [0.29, 0.717) is 5.88 Å². The zero-order chi connectivity index (χ0) is 10.8. The first kappa shape index (κ1) is 10.2. The predicted molar refractivity (Wildman–Crippen MR) is 54.5 cm³/mol. The van der Waals surface area contributed by atoms with Crippen molar-refractivity contribution in [2.45, 2.75) is 25.4 Å². The number of ether oxygens (including phenoxy) is 1. The zero-order valence-electron chi connectivity index (χ0n) is 7.94. The van der Waals surface area contributed by atoms with E-state index < -0.39 is 5.97 Å². The van der Waals surface area contributed by atoms with E-state index in [0.717, 1.165) is 19.3 Å². The maximum atomic E-state index is 10.6. The fourth-order valence-electron chi connectivity index (χ4n) is 1.28. The third-order valence-electron chi connectivity index (χ3n) is 2.38. The normalized spacial score (nSPS) is 15.8. The van der Waals surface area contributed by atoms with Gasteiger partial charge in [-0.1, -0.05) is 11.6 Å². The molecule has 0 saturated heterocycles. The summed E-state index contributed by atoms with van der Waals surface area (Å²) in [4.78, 5) is 14.5. The molecule has 1 N–H and O–H groups in total.